The van der Waals surface area contributed by atoms with E-state index in [4.69, 9.17) is 37.7 Å². The fourth-order valence-corrected chi connectivity index (χ4v) is 16.5. The van der Waals surface area contributed by atoms with Crippen LogP contribution in [-0.2, 0) is 44.3 Å². The first-order valence-electron chi connectivity index (χ1n) is 40.0. The van der Waals surface area contributed by atoms with E-state index in [-0.39, 0.29) is 50.0 Å². The number of aliphatic hydroxyl groups is 10. The number of hydrogen-bond acceptors (Lipinski definition) is 24. The summed E-state index contributed by atoms with van der Waals surface area (Å²) < 4.78 is 48.4. The van der Waals surface area contributed by atoms with Crippen molar-refractivity contribution in [2.45, 2.75) is 225 Å². The Morgan fingerprint density at radius 3 is 1.39 bits per heavy atom. The molecule has 26 heteroatoms. The number of ether oxygens (including phenoxy) is 6. The molecule has 3 aromatic heterocycles. The zero-order valence-corrected chi connectivity index (χ0v) is 68.7. The van der Waals surface area contributed by atoms with E-state index in [0.29, 0.717) is 56.0 Å². The Morgan fingerprint density at radius 2 is 0.930 bits per heavy atom. The molecule has 0 aliphatic carbocycles. The second kappa shape index (κ2) is 40.8. The lowest BCUT2D eigenvalue weighted by Crippen LogP contribution is -2.59. The quantitative estimate of drug-likeness (QED) is 0.0357. The predicted molar refractivity (Wildman–Crippen MR) is 445 cm³/mol. The lowest BCUT2D eigenvalue weighted by molar-refractivity contribution is -0.250. The molecule has 114 heavy (non-hydrogen) atoms. The van der Waals surface area contributed by atoms with Gasteiger partial charge in [0.05, 0.1) is 75.8 Å². The summed E-state index contributed by atoms with van der Waals surface area (Å²) in [5.41, 5.74) is 10.8. The van der Waals surface area contributed by atoms with Crippen LogP contribution in [0.4, 0.5) is 17.5 Å². The Kier molecular flexibility index (Phi) is 32.2. The van der Waals surface area contributed by atoms with Crippen LogP contribution in [0.2, 0.25) is 0 Å². The lowest BCUT2D eigenvalue weighted by atomic mass is 9.76. The first-order chi connectivity index (χ1) is 54.1. The average molecular weight is 1640 g/mol. The molecule has 10 N–H and O–H groups in total. The Labute approximate surface area is 681 Å². The molecule has 0 bridgehead atoms. The molecule has 0 saturated carbocycles. The zero-order valence-electron chi connectivity index (χ0n) is 67.1. The lowest BCUT2D eigenvalue weighted by Gasteiger charge is -2.47. The fourth-order valence-electron chi connectivity index (χ4n) is 16.0. The fraction of sp³-hybridized carbons (Fsp3) is 0.557. The second-order valence-corrected chi connectivity index (χ2v) is 32.9. The molecular formula is C88H122BBrN6O18. The van der Waals surface area contributed by atoms with Crippen molar-refractivity contribution in [3.8, 4) is 22.3 Å². The van der Waals surface area contributed by atoms with Gasteiger partial charge >= 0.3 is 7.12 Å². The molecule has 622 valence electrons. The third kappa shape index (κ3) is 21.3. The maximum atomic E-state index is 10.9. The van der Waals surface area contributed by atoms with Crippen molar-refractivity contribution in [1.82, 2.24) is 15.0 Å². The van der Waals surface area contributed by atoms with E-state index in [1.807, 2.05) is 80.7 Å². The summed E-state index contributed by atoms with van der Waals surface area (Å²) in [6.07, 6.45) is -5.32. The molecule has 18 atom stereocenters. The number of morpholine rings is 2. The standard InChI is InChI=1S/C25H33BrO2.2C23H30N2O7.C16H25BN2O2.CH4/c1-6-23-17(3)18(4)24(27-15-20-10-8-7-9-11-20)25(28-23)19(5)22-13-12-21(26)14-16(22)2;2*1-13-10-14(15-4-5-24-18(11-15)25-6-8-31-9-7-25)2-3-16(13)19(27)23-22(30)21(29)20(28)17(12-26)32-23;1-15(2)16(3,4)21-17(20-15)13-8-9-18-14(12-13)19-10-6-5-7-11-19;/h7-14,17-19,23-25H,6,15H2,1-5H3;2*2-5,10-11,17,19-23,26-30H,6-9,12H2,1H3;8-9,12H,5-7,10-11H2,1-4H3;1H4/t17-,18-,19+,23?,24?,25+;2*17?,19-,20-,21+,22?,23-;;/m011../s1. The molecule has 0 radical (unpaired) electrons. The van der Waals surface area contributed by atoms with Crippen LogP contribution in [0.15, 0.2) is 144 Å². The minimum Gasteiger partial charge on any atom is -0.399 e. The molecule has 4 aromatic carbocycles. The van der Waals surface area contributed by atoms with Gasteiger partial charge in [0.1, 0.15) is 90.7 Å². The summed E-state index contributed by atoms with van der Waals surface area (Å²) in [7, 11) is -0.304. The second-order valence-electron chi connectivity index (χ2n) is 32.0. The van der Waals surface area contributed by atoms with Crippen LogP contribution in [0.25, 0.3) is 22.3 Å². The van der Waals surface area contributed by atoms with Gasteiger partial charge in [-0.1, -0.05) is 124 Å². The van der Waals surface area contributed by atoms with Crippen LogP contribution in [0.5, 0.6) is 0 Å². The van der Waals surface area contributed by atoms with Gasteiger partial charge in [0.25, 0.3) is 0 Å². The van der Waals surface area contributed by atoms with Crippen LogP contribution in [0.1, 0.15) is 146 Å². The summed E-state index contributed by atoms with van der Waals surface area (Å²) in [6.45, 7) is 31.0. The number of anilines is 3. The van der Waals surface area contributed by atoms with Crippen LogP contribution in [0.3, 0.4) is 0 Å². The summed E-state index contributed by atoms with van der Waals surface area (Å²) >= 11 is 3.59. The Bertz CT molecular complexity index is 3990. The van der Waals surface area contributed by atoms with Gasteiger partial charge in [-0.15, -0.1) is 0 Å². The van der Waals surface area contributed by atoms with E-state index in [2.05, 4.69) is 156 Å². The van der Waals surface area contributed by atoms with Crippen LogP contribution >= 0.6 is 15.9 Å². The minimum atomic E-state index is -1.53. The number of aryl methyl sites for hydroxylation is 3. The molecule has 7 saturated heterocycles. The molecule has 7 aliphatic heterocycles. The van der Waals surface area contributed by atoms with Crippen molar-refractivity contribution < 1.29 is 88.8 Å². The van der Waals surface area contributed by atoms with Crippen molar-refractivity contribution in [1.29, 1.82) is 0 Å². The highest BCUT2D eigenvalue weighted by molar-refractivity contribution is 9.10. The van der Waals surface area contributed by atoms with E-state index in [1.54, 1.807) is 24.5 Å². The smallest absolute Gasteiger partial charge is 0.399 e. The van der Waals surface area contributed by atoms with Gasteiger partial charge < -0.3 is 103 Å². The maximum absolute atomic E-state index is 10.9. The number of halogens is 1. The number of nitrogens with zero attached hydrogens (tertiary/aromatic N) is 6. The number of piperidine rings is 1. The molecule has 6 unspecified atom stereocenters. The zero-order chi connectivity index (χ0) is 81.0. The van der Waals surface area contributed by atoms with E-state index < -0.39 is 86.5 Å². The van der Waals surface area contributed by atoms with Gasteiger partial charge in [-0.05, 0) is 201 Å². The number of rotatable bonds is 18. The van der Waals surface area contributed by atoms with Crippen molar-refractivity contribution in [2.75, 3.05) is 93.6 Å². The highest BCUT2D eigenvalue weighted by atomic mass is 79.9. The van der Waals surface area contributed by atoms with Gasteiger partial charge in [-0.2, -0.15) is 0 Å². The van der Waals surface area contributed by atoms with Gasteiger partial charge in [-0.3, -0.25) is 0 Å². The summed E-state index contributed by atoms with van der Waals surface area (Å²) in [5.74, 6) is 4.02. The van der Waals surface area contributed by atoms with Crippen LogP contribution in [-0.4, -0.2) is 243 Å². The van der Waals surface area contributed by atoms with Gasteiger partial charge in [0.15, 0.2) is 0 Å². The molecule has 0 spiro atoms. The molecule has 7 fully saturated rings. The number of benzene rings is 4. The SMILES string of the molecule is C.CC1(C)OB(c2ccnc(N3CCCCC3)c2)OC1(C)C.CCC1O[C@H]([C@H](C)c2ccc(Br)cc2C)C(OCc2ccccc2)[C@@H](C)[C@@H]1C.Cc1cc(-c2ccnc(N3CCOCC3)c2)ccc1[C@@H](O)[C@H]1OC(CO)[C@@H](O)[C@H](O)C1O.Cc1cc(-c2ccnc(N3CCOCC3)c2)ccc1[C@@H](O)[C@H]1OC(CO)[C@@H](O)[C@H](O)C1O. The highest BCUT2D eigenvalue weighted by Gasteiger charge is 2.53. The molecule has 14 rings (SSSR count). The predicted octanol–water partition coefficient (Wildman–Crippen LogP) is 9.44. The van der Waals surface area contributed by atoms with Crippen molar-refractivity contribution in [3.63, 3.8) is 0 Å². The van der Waals surface area contributed by atoms with E-state index in [9.17, 15) is 51.1 Å². The van der Waals surface area contributed by atoms with E-state index in [1.165, 1.54) is 36.0 Å². The summed E-state index contributed by atoms with van der Waals surface area (Å²) in [4.78, 5) is 20.2. The van der Waals surface area contributed by atoms with E-state index >= 15 is 0 Å². The maximum Gasteiger partial charge on any atom is 0.495 e. The highest BCUT2D eigenvalue weighted by Crippen LogP contribution is 2.43. The molecular weight excluding hydrogens is 1520 g/mol. The summed E-state index contributed by atoms with van der Waals surface area (Å²) in [6, 6.07) is 40.1. The number of aromatic nitrogens is 3. The van der Waals surface area contributed by atoms with Gasteiger partial charge in [0.2, 0.25) is 0 Å². The third-order valence-electron chi connectivity index (χ3n) is 24.0. The topological polar surface area (TPSA) is 325 Å². The Balaban J connectivity index is 0.000000162. The normalized spacial score (nSPS) is 28.2. The number of hydrogen-bond donors (Lipinski definition) is 10. The first-order valence-corrected chi connectivity index (χ1v) is 40.8. The van der Waals surface area contributed by atoms with Crippen LogP contribution < -0.4 is 20.2 Å². The van der Waals surface area contributed by atoms with Crippen LogP contribution in [0, 0.1) is 32.6 Å². The van der Waals surface area contributed by atoms with Gasteiger partial charge in [0, 0.05) is 68.2 Å². The van der Waals surface area contributed by atoms with Crippen molar-refractivity contribution in [2.24, 2.45) is 11.8 Å². The minimum absolute atomic E-state index is 0. The van der Waals surface area contributed by atoms with Crippen molar-refractivity contribution in [3.05, 3.63) is 183 Å². The summed E-state index contributed by atoms with van der Waals surface area (Å²) in [5, 5.41) is 101. The van der Waals surface area contributed by atoms with Gasteiger partial charge in [-0.25, -0.2) is 15.0 Å². The van der Waals surface area contributed by atoms with E-state index in [0.717, 1.165) is 106 Å². The molecule has 24 nitrogen and oxygen atoms in total. The first kappa shape index (κ1) is 89.9. The monoisotopic (exact) mass is 1640 g/mol. The largest absolute Gasteiger partial charge is 0.495 e. The molecule has 10 heterocycles. The Morgan fingerprint density at radius 1 is 0.500 bits per heavy atom. The Hall–Kier alpha value is -6.45. The average Bonchev–Trinajstić information content (AvgIpc) is 1.60. The molecule has 7 aliphatic rings. The molecule has 7 aromatic rings. The number of aliphatic hydroxyl groups excluding tert-OH is 10. The number of pyridine rings is 3. The molecule has 0 amide bonds. The van der Waals surface area contributed by atoms with Crippen molar-refractivity contribution >= 4 is 46.0 Å². The third-order valence-corrected chi connectivity index (χ3v) is 24.4.